The van der Waals surface area contributed by atoms with Gasteiger partial charge in [0.15, 0.2) is 0 Å². The van der Waals surface area contributed by atoms with Crippen molar-refractivity contribution in [2.24, 2.45) is 0 Å². The smallest absolute Gasteiger partial charge is 0.253 e. The van der Waals surface area contributed by atoms with Crippen LogP contribution in [0.15, 0.2) is 48.7 Å². The molecule has 0 bridgehead atoms. The molecule has 3 aromatic rings. The number of amides is 1. The third kappa shape index (κ3) is 4.27. The van der Waals surface area contributed by atoms with Gasteiger partial charge in [-0.05, 0) is 50.1 Å². The molecule has 3 rings (SSSR count). The molecule has 0 saturated carbocycles. The average molecular weight is 349 g/mol. The molecule has 2 heterocycles. The first-order valence-electron chi connectivity index (χ1n) is 8.66. The van der Waals surface area contributed by atoms with Gasteiger partial charge in [-0.15, -0.1) is 0 Å². The highest BCUT2D eigenvalue weighted by Crippen LogP contribution is 2.16. The first kappa shape index (κ1) is 17.7. The molecule has 6 heteroatoms. The number of rotatable bonds is 7. The SMILES string of the molecule is Cc1n[nH]c(C)c1CCNC(=O)c1ccccc1NCc1ccccn1. The van der Waals surface area contributed by atoms with E-state index in [0.717, 1.165) is 34.8 Å². The first-order chi connectivity index (χ1) is 12.6. The normalized spacial score (nSPS) is 10.5. The van der Waals surface area contributed by atoms with Crippen LogP contribution >= 0.6 is 0 Å². The number of aromatic amines is 1. The quantitative estimate of drug-likeness (QED) is 0.612. The summed E-state index contributed by atoms with van der Waals surface area (Å²) in [4.78, 5) is 16.9. The summed E-state index contributed by atoms with van der Waals surface area (Å²) in [5.74, 6) is -0.0899. The van der Waals surface area contributed by atoms with E-state index >= 15 is 0 Å². The lowest BCUT2D eigenvalue weighted by Crippen LogP contribution is -2.26. The summed E-state index contributed by atoms with van der Waals surface area (Å²) in [6, 6.07) is 13.3. The third-order valence-electron chi connectivity index (χ3n) is 4.30. The maximum Gasteiger partial charge on any atom is 0.253 e. The Kier molecular flexibility index (Phi) is 5.63. The molecule has 6 nitrogen and oxygen atoms in total. The summed E-state index contributed by atoms with van der Waals surface area (Å²) >= 11 is 0. The van der Waals surface area contributed by atoms with Crippen LogP contribution in [-0.2, 0) is 13.0 Å². The van der Waals surface area contributed by atoms with E-state index in [9.17, 15) is 4.79 Å². The standard InChI is InChI=1S/C20H23N5O/c1-14-17(15(2)25-24-14)10-12-22-20(26)18-8-3-4-9-19(18)23-13-16-7-5-6-11-21-16/h3-9,11,23H,10,12-13H2,1-2H3,(H,22,26)(H,24,25). The molecule has 0 fully saturated rings. The van der Waals surface area contributed by atoms with Crippen LogP contribution in [0.4, 0.5) is 5.69 Å². The maximum atomic E-state index is 12.6. The summed E-state index contributed by atoms with van der Waals surface area (Å²) in [6.45, 7) is 5.10. The summed E-state index contributed by atoms with van der Waals surface area (Å²) in [7, 11) is 0. The number of H-pyrrole nitrogens is 1. The summed E-state index contributed by atoms with van der Waals surface area (Å²) in [6.07, 6.45) is 2.51. The van der Waals surface area contributed by atoms with Gasteiger partial charge in [-0.25, -0.2) is 0 Å². The molecular formula is C20H23N5O. The Morgan fingerprint density at radius 3 is 2.65 bits per heavy atom. The highest BCUT2D eigenvalue weighted by Gasteiger charge is 2.12. The molecule has 0 unspecified atom stereocenters. The number of aromatic nitrogens is 3. The number of pyridine rings is 1. The van der Waals surface area contributed by atoms with Gasteiger partial charge in [-0.3, -0.25) is 14.9 Å². The molecule has 1 amide bonds. The molecule has 134 valence electrons. The number of hydrogen-bond acceptors (Lipinski definition) is 4. The second-order valence-corrected chi connectivity index (χ2v) is 6.14. The zero-order valence-corrected chi connectivity index (χ0v) is 15.0. The van der Waals surface area contributed by atoms with Crippen molar-refractivity contribution in [1.82, 2.24) is 20.5 Å². The van der Waals surface area contributed by atoms with Crippen LogP contribution in [-0.4, -0.2) is 27.6 Å². The second kappa shape index (κ2) is 8.29. The van der Waals surface area contributed by atoms with Gasteiger partial charge in [0.1, 0.15) is 0 Å². The molecule has 1 aromatic carbocycles. The molecule has 0 aliphatic carbocycles. The minimum Gasteiger partial charge on any atom is -0.379 e. The lowest BCUT2D eigenvalue weighted by atomic mass is 10.1. The number of para-hydroxylation sites is 1. The topological polar surface area (TPSA) is 82.7 Å². The molecular weight excluding hydrogens is 326 g/mol. The number of anilines is 1. The Morgan fingerprint density at radius 1 is 1.12 bits per heavy atom. The predicted octanol–water partition coefficient (Wildman–Crippen LogP) is 3.01. The predicted molar refractivity (Wildman–Crippen MR) is 102 cm³/mol. The van der Waals surface area contributed by atoms with E-state index in [1.54, 1.807) is 6.20 Å². The van der Waals surface area contributed by atoms with Gasteiger partial charge >= 0.3 is 0 Å². The molecule has 0 atom stereocenters. The fourth-order valence-electron chi connectivity index (χ4n) is 2.86. The van der Waals surface area contributed by atoms with Crippen molar-refractivity contribution < 1.29 is 4.79 Å². The van der Waals surface area contributed by atoms with E-state index in [1.165, 1.54) is 0 Å². The van der Waals surface area contributed by atoms with E-state index in [0.29, 0.717) is 18.7 Å². The summed E-state index contributed by atoms with van der Waals surface area (Å²) in [5.41, 5.74) is 5.54. The maximum absolute atomic E-state index is 12.6. The molecule has 0 aliphatic heterocycles. The molecule has 0 radical (unpaired) electrons. The monoisotopic (exact) mass is 349 g/mol. The Bertz CT molecular complexity index is 853. The number of aryl methyl sites for hydroxylation is 2. The fraction of sp³-hybridized carbons (Fsp3) is 0.250. The van der Waals surface area contributed by atoms with Crippen LogP contribution in [0.2, 0.25) is 0 Å². The average Bonchev–Trinajstić information content (AvgIpc) is 2.99. The van der Waals surface area contributed by atoms with Crippen LogP contribution in [0.25, 0.3) is 0 Å². The minimum absolute atomic E-state index is 0.0899. The van der Waals surface area contributed by atoms with E-state index < -0.39 is 0 Å². The number of benzene rings is 1. The van der Waals surface area contributed by atoms with Crippen LogP contribution in [0.3, 0.4) is 0 Å². The van der Waals surface area contributed by atoms with Crippen molar-refractivity contribution in [3.8, 4) is 0 Å². The molecule has 0 aliphatic rings. The highest BCUT2D eigenvalue weighted by molar-refractivity contribution is 5.99. The van der Waals surface area contributed by atoms with Crippen LogP contribution in [0, 0.1) is 13.8 Å². The van der Waals surface area contributed by atoms with Crippen LogP contribution in [0.1, 0.15) is 33.0 Å². The lowest BCUT2D eigenvalue weighted by molar-refractivity contribution is 0.0955. The van der Waals surface area contributed by atoms with E-state index in [4.69, 9.17) is 0 Å². The highest BCUT2D eigenvalue weighted by atomic mass is 16.1. The zero-order chi connectivity index (χ0) is 18.4. The van der Waals surface area contributed by atoms with Gasteiger partial charge in [-0.2, -0.15) is 5.10 Å². The van der Waals surface area contributed by atoms with Gasteiger partial charge in [0.25, 0.3) is 5.91 Å². The van der Waals surface area contributed by atoms with Gasteiger partial charge in [0.05, 0.1) is 23.5 Å². The molecule has 26 heavy (non-hydrogen) atoms. The van der Waals surface area contributed by atoms with Crippen molar-refractivity contribution in [2.75, 3.05) is 11.9 Å². The molecule has 3 N–H and O–H groups in total. The van der Waals surface area contributed by atoms with Crippen LogP contribution in [0.5, 0.6) is 0 Å². The van der Waals surface area contributed by atoms with E-state index in [1.807, 2.05) is 56.3 Å². The summed E-state index contributed by atoms with van der Waals surface area (Å²) < 4.78 is 0. The Balaban J connectivity index is 1.60. The van der Waals surface area contributed by atoms with Crippen molar-refractivity contribution in [1.29, 1.82) is 0 Å². The number of hydrogen-bond donors (Lipinski definition) is 3. The zero-order valence-electron chi connectivity index (χ0n) is 15.0. The molecule has 2 aromatic heterocycles. The van der Waals surface area contributed by atoms with Crippen molar-refractivity contribution in [3.05, 3.63) is 76.9 Å². The molecule has 0 saturated heterocycles. The second-order valence-electron chi connectivity index (χ2n) is 6.14. The Hall–Kier alpha value is -3.15. The lowest BCUT2D eigenvalue weighted by Gasteiger charge is -2.12. The molecule has 0 spiro atoms. The Labute approximate surface area is 153 Å². The number of carbonyl (C=O) groups is 1. The van der Waals surface area contributed by atoms with Crippen LogP contribution < -0.4 is 10.6 Å². The van der Waals surface area contributed by atoms with Gasteiger partial charge in [-0.1, -0.05) is 18.2 Å². The third-order valence-corrected chi connectivity index (χ3v) is 4.30. The largest absolute Gasteiger partial charge is 0.379 e. The number of nitrogens with one attached hydrogen (secondary N) is 3. The van der Waals surface area contributed by atoms with E-state index in [2.05, 4.69) is 25.8 Å². The van der Waals surface area contributed by atoms with Gasteiger partial charge < -0.3 is 10.6 Å². The number of carbonyl (C=O) groups excluding carboxylic acids is 1. The van der Waals surface area contributed by atoms with Gasteiger partial charge in [0.2, 0.25) is 0 Å². The van der Waals surface area contributed by atoms with Crippen molar-refractivity contribution in [2.45, 2.75) is 26.8 Å². The fourth-order valence-corrected chi connectivity index (χ4v) is 2.86. The van der Waals surface area contributed by atoms with E-state index in [-0.39, 0.29) is 5.91 Å². The minimum atomic E-state index is -0.0899. The first-order valence-corrected chi connectivity index (χ1v) is 8.66. The van der Waals surface area contributed by atoms with Gasteiger partial charge in [0, 0.05) is 24.1 Å². The number of nitrogens with zero attached hydrogens (tertiary/aromatic N) is 2. The summed E-state index contributed by atoms with van der Waals surface area (Å²) in [5, 5.41) is 13.4. The van der Waals surface area contributed by atoms with Crippen molar-refractivity contribution in [3.63, 3.8) is 0 Å². The Morgan fingerprint density at radius 2 is 1.92 bits per heavy atom. The van der Waals surface area contributed by atoms with Crippen molar-refractivity contribution >= 4 is 11.6 Å².